The van der Waals surface area contributed by atoms with E-state index < -0.39 is 16.3 Å². The van der Waals surface area contributed by atoms with E-state index in [1.807, 2.05) is 23.7 Å². The molecular formula is C42H30N2O4P2. The summed E-state index contributed by atoms with van der Waals surface area (Å²) in [5, 5.41) is 13.2. The molecule has 0 fully saturated rings. The van der Waals surface area contributed by atoms with Crippen LogP contribution in [0.2, 0.25) is 0 Å². The smallest absolute Gasteiger partial charge is 0.325 e. The minimum atomic E-state index is -1.69. The van der Waals surface area contributed by atoms with Gasteiger partial charge in [-0.15, -0.1) is 9.56 Å². The van der Waals surface area contributed by atoms with E-state index in [4.69, 9.17) is 16.8 Å². The molecule has 0 spiro atoms. The molecule has 2 aromatic heterocycles. The number of hydrogen-bond donors (Lipinski definition) is 0. The van der Waals surface area contributed by atoms with Crippen molar-refractivity contribution in [3.8, 4) is 0 Å². The van der Waals surface area contributed by atoms with Crippen LogP contribution in [-0.2, 0) is 0 Å². The third-order valence-corrected chi connectivity index (χ3v) is 12.7. The van der Waals surface area contributed by atoms with Gasteiger partial charge in [0, 0.05) is 35.6 Å². The lowest BCUT2D eigenvalue weighted by atomic mass is 9.99. The predicted molar refractivity (Wildman–Crippen MR) is 211 cm³/mol. The molecular weight excluding hydrogens is 658 g/mol. The summed E-state index contributed by atoms with van der Waals surface area (Å²) in [5.41, 5.74) is 3.09. The fourth-order valence-electron chi connectivity index (χ4n) is 7.16. The Bertz CT molecular complexity index is 2660. The fraction of sp³-hybridized carbons (Fsp3) is 0.0476. The van der Waals surface area contributed by atoms with Crippen molar-refractivity contribution >= 4 is 103 Å². The Morgan fingerprint density at radius 3 is 0.820 bits per heavy atom. The molecule has 10 rings (SSSR count). The van der Waals surface area contributed by atoms with E-state index in [0.29, 0.717) is 0 Å². The molecule has 0 saturated heterocycles. The van der Waals surface area contributed by atoms with Crippen molar-refractivity contribution < 1.29 is 16.8 Å². The summed E-state index contributed by atoms with van der Waals surface area (Å²) in [6.07, 6.45) is 0. The second-order valence-corrected chi connectivity index (χ2v) is 15.3. The molecule has 8 heteroatoms. The quantitative estimate of drug-likeness (QED) is 0.172. The van der Waals surface area contributed by atoms with Crippen molar-refractivity contribution in [3.63, 3.8) is 0 Å². The van der Waals surface area contributed by atoms with E-state index in [9.17, 15) is 0 Å². The van der Waals surface area contributed by atoms with Gasteiger partial charge >= 0.3 is 16.3 Å². The van der Waals surface area contributed by atoms with Crippen LogP contribution in [0, 0.1) is 0 Å². The summed E-state index contributed by atoms with van der Waals surface area (Å²) in [6, 6.07) is 50.5. The summed E-state index contributed by atoms with van der Waals surface area (Å²) in [4.78, 5) is 0. The third-order valence-electron chi connectivity index (χ3n) is 9.66. The zero-order chi connectivity index (χ0) is 33.3. The zero-order valence-electron chi connectivity index (χ0n) is 27.3. The fourth-order valence-corrected chi connectivity index (χ4v) is 9.81. The average molecular weight is 689 g/mol. The number of nitrogens with zero attached hydrogens (tertiary/aromatic N) is 2. The second kappa shape index (κ2) is 11.6. The first kappa shape index (κ1) is 29.4. The lowest BCUT2D eigenvalue weighted by Gasteiger charge is -2.21. The Balaban J connectivity index is 1.25. The number of rotatable bonds is 3. The molecule has 0 aliphatic rings. The van der Waals surface area contributed by atoms with E-state index in [1.165, 1.54) is 0 Å². The highest BCUT2D eigenvalue weighted by molar-refractivity contribution is 7.44. The highest BCUT2D eigenvalue weighted by Crippen LogP contribution is 2.46. The zero-order valence-corrected chi connectivity index (χ0v) is 29.1. The average Bonchev–Trinajstić information content (AvgIpc) is 3.46. The van der Waals surface area contributed by atoms with Crippen molar-refractivity contribution in [2.75, 3.05) is 23.7 Å². The van der Waals surface area contributed by atoms with Crippen LogP contribution in [0.25, 0.3) is 87.0 Å². The van der Waals surface area contributed by atoms with Gasteiger partial charge in [0.2, 0.25) is 0 Å². The highest BCUT2D eigenvalue weighted by atomic mass is 31.1. The Hall–Kier alpha value is -5.48. The molecule has 6 nitrogen and oxygen atoms in total. The second-order valence-electron chi connectivity index (χ2n) is 12.5. The molecule has 2 heterocycles. The van der Waals surface area contributed by atoms with Crippen LogP contribution >= 0.6 is 16.3 Å². The van der Waals surface area contributed by atoms with Gasteiger partial charge in [-0.05, 0) is 67.4 Å². The summed E-state index contributed by atoms with van der Waals surface area (Å²) in [7, 11) is 0.562. The van der Waals surface area contributed by atoms with Crippen molar-refractivity contribution in [2.45, 2.75) is 0 Å². The number of benzene rings is 8. The maximum atomic E-state index is 6.88. The molecule has 0 aliphatic heterocycles. The summed E-state index contributed by atoms with van der Waals surface area (Å²) in [5.74, 6) is 0. The first-order chi connectivity index (χ1) is 24.6. The summed E-state index contributed by atoms with van der Waals surface area (Å²) < 4.78 is 31.5. The molecule has 0 atom stereocenters. The van der Waals surface area contributed by atoms with E-state index in [2.05, 4.69) is 146 Å². The predicted octanol–water partition coefficient (Wildman–Crippen LogP) is 13.3. The van der Waals surface area contributed by atoms with Crippen LogP contribution in [0.5, 0.6) is 0 Å². The molecule has 0 N–H and O–H groups in total. The van der Waals surface area contributed by atoms with Crippen molar-refractivity contribution in [1.82, 2.24) is 0 Å². The van der Waals surface area contributed by atoms with Gasteiger partial charge in [-0.3, -0.25) is 0 Å². The first-order valence-electron chi connectivity index (χ1n) is 16.5. The van der Waals surface area contributed by atoms with E-state index in [-0.39, 0.29) is 0 Å². The van der Waals surface area contributed by atoms with Crippen LogP contribution in [0.15, 0.2) is 162 Å². The normalized spacial score (nSPS) is 12.2. The van der Waals surface area contributed by atoms with Crippen LogP contribution in [-0.4, -0.2) is 14.1 Å². The molecule has 0 unspecified atom stereocenters. The molecule has 0 amide bonds. The number of hydrazine groups is 1. The molecule has 10 aromatic rings. The molecule has 0 radical (unpaired) electrons. The Labute approximate surface area is 288 Å². The highest BCUT2D eigenvalue weighted by Gasteiger charge is 2.23. The van der Waals surface area contributed by atoms with Gasteiger partial charge in [-0.1, -0.05) is 121 Å². The van der Waals surface area contributed by atoms with Crippen molar-refractivity contribution in [1.29, 1.82) is 0 Å². The third kappa shape index (κ3) is 4.58. The number of hydrogen-bond acceptors (Lipinski definition) is 6. The SMILES string of the molecule is CN(N(C)p1oc2ccc3ccccc3c2c2c(ccc3ccccc32)o1)p1oc2ccc3ccccc3c2c2c(ccc3ccccc32)o1. The first-order valence-corrected chi connectivity index (χ1v) is 18.8. The lowest BCUT2D eigenvalue weighted by Crippen LogP contribution is -2.31. The summed E-state index contributed by atoms with van der Waals surface area (Å²) in [6.45, 7) is 0. The van der Waals surface area contributed by atoms with Gasteiger partial charge in [0.05, 0.1) is 0 Å². The molecule has 0 saturated carbocycles. The standard InChI is InChI=1S/C42H30N2O4P2/c1-43(49-45-35-23-19-27-11-3-7-15-31(27)39(35)40-32-16-8-4-12-28(32)20-24-36(40)46-49)44(2)50-47-37-25-21-29-13-5-9-17-33(29)41(37)42-34-18-10-6-14-30(34)22-26-38(42)48-50/h3-26H,1-2H3. The molecule has 0 aliphatic carbocycles. The van der Waals surface area contributed by atoms with E-state index in [0.717, 1.165) is 87.0 Å². The van der Waals surface area contributed by atoms with Gasteiger partial charge in [-0.25, -0.2) is 0 Å². The van der Waals surface area contributed by atoms with Gasteiger partial charge in [0.25, 0.3) is 0 Å². The topological polar surface area (TPSA) is 59.0 Å². The lowest BCUT2D eigenvalue weighted by molar-refractivity contribution is 0.610. The van der Waals surface area contributed by atoms with Crippen molar-refractivity contribution in [2.24, 2.45) is 0 Å². The molecule has 0 bridgehead atoms. The van der Waals surface area contributed by atoms with Crippen LogP contribution in [0.1, 0.15) is 0 Å². The molecule has 242 valence electrons. The van der Waals surface area contributed by atoms with Gasteiger partial charge < -0.3 is 16.8 Å². The van der Waals surface area contributed by atoms with Crippen LogP contribution in [0.3, 0.4) is 0 Å². The maximum absolute atomic E-state index is 6.88. The Kier molecular flexibility index (Phi) is 6.80. The van der Waals surface area contributed by atoms with Gasteiger partial charge in [0.15, 0.2) is 0 Å². The van der Waals surface area contributed by atoms with Crippen LogP contribution in [0.4, 0.5) is 0 Å². The molecule has 50 heavy (non-hydrogen) atoms. The van der Waals surface area contributed by atoms with Crippen LogP contribution < -0.4 is 9.56 Å². The van der Waals surface area contributed by atoms with E-state index in [1.54, 1.807) is 0 Å². The number of fused-ring (bicyclic) bond motifs is 14. The van der Waals surface area contributed by atoms with E-state index >= 15 is 0 Å². The minimum absolute atomic E-state index is 0.772. The Morgan fingerprint density at radius 1 is 0.320 bits per heavy atom. The molecule has 8 aromatic carbocycles. The van der Waals surface area contributed by atoms with Gasteiger partial charge in [0.1, 0.15) is 22.3 Å². The summed E-state index contributed by atoms with van der Waals surface area (Å²) >= 11 is 0. The largest absolute Gasteiger partial charge is 0.407 e. The monoisotopic (exact) mass is 688 g/mol. The maximum Gasteiger partial charge on any atom is 0.325 e. The van der Waals surface area contributed by atoms with Gasteiger partial charge in [-0.2, -0.15) is 0 Å². The minimum Gasteiger partial charge on any atom is -0.407 e. The van der Waals surface area contributed by atoms with Crippen molar-refractivity contribution in [3.05, 3.63) is 146 Å². The Morgan fingerprint density at radius 2 is 0.560 bits per heavy atom.